The van der Waals surface area contributed by atoms with Crippen molar-refractivity contribution in [3.63, 3.8) is 0 Å². The number of hydrogen-bond donors (Lipinski definition) is 1. The Morgan fingerprint density at radius 3 is 1.97 bits per heavy atom. The minimum Gasteiger partial charge on any atom is -0.497 e. The van der Waals surface area contributed by atoms with Crippen molar-refractivity contribution in [3.05, 3.63) is 53.6 Å². The number of amides is 1. The van der Waals surface area contributed by atoms with Crippen LogP contribution in [-0.2, 0) is 22.4 Å². The van der Waals surface area contributed by atoms with Crippen LogP contribution < -0.4 is 14.2 Å². The van der Waals surface area contributed by atoms with Crippen LogP contribution in [0.5, 0.6) is 17.2 Å². The number of nitrogens with zero attached hydrogens (tertiary/aromatic N) is 1. The molecule has 0 aliphatic carbocycles. The van der Waals surface area contributed by atoms with Crippen LogP contribution in [0.4, 0.5) is 0 Å². The van der Waals surface area contributed by atoms with E-state index in [2.05, 4.69) is 12.1 Å². The summed E-state index contributed by atoms with van der Waals surface area (Å²) in [6.07, 6.45) is 7.66. The maximum atomic E-state index is 11.7. The van der Waals surface area contributed by atoms with E-state index in [1.165, 1.54) is 5.56 Å². The van der Waals surface area contributed by atoms with Gasteiger partial charge >= 0.3 is 5.97 Å². The van der Waals surface area contributed by atoms with E-state index < -0.39 is 5.97 Å². The molecular formula is C29H41NO6. The van der Waals surface area contributed by atoms with Gasteiger partial charge in [0.25, 0.3) is 0 Å². The zero-order chi connectivity index (χ0) is 26.2. The van der Waals surface area contributed by atoms with E-state index in [9.17, 15) is 14.7 Å². The van der Waals surface area contributed by atoms with Crippen LogP contribution in [0, 0.1) is 0 Å². The van der Waals surface area contributed by atoms with Gasteiger partial charge in [0.15, 0.2) is 0 Å². The second kappa shape index (κ2) is 16.5. The third-order valence-electron chi connectivity index (χ3n) is 6.00. The molecule has 7 nitrogen and oxygen atoms in total. The zero-order valence-electron chi connectivity index (χ0n) is 22.0. The van der Waals surface area contributed by atoms with Crippen LogP contribution in [0.3, 0.4) is 0 Å². The number of hydrogen-bond acceptors (Lipinski definition) is 5. The number of ether oxygens (including phenoxy) is 3. The van der Waals surface area contributed by atoms with Crippen molar-refractivity contribution in [1.29, 1.82) is 0 Å². The summed E-state index contributed by atoms with van der Waals surface area (Å²) in [5.74, 6) is 1.48. The van der Waals surface area contributed by atoms with Crippen LogP contribution in [-0.4, -0.2) is 56.3 Å². The number of benzene rings is 2. The molecule has 2 aromatic rings. The SMILES string of the molecule is COc1ccc(CCCCCCOc2cccc(OCCCCC(=O)N(C)C)c2CCC(=O)O)cc1. The van der Waals surface area contributed by atoms with Crippen molar-refractivity contribution < 1.29 is 28.9 Å². The molecule has 1 N–H and O–H groups in total. The van der Waals surface area contributed by atoms with E-state index in [-0.39, 0.29) is 12.3 Å². The highest BCUT2D eigenvalue weighted by Crippen LogP contribution is 2.30. The summed E-state index contributed by atoms with van der Waals surface area (Å²) >= 11 is 0. The molecule has 36 heavy (non-hydrogen) atoms. The number of aliphatic carboxylic acids is 1. The molecule has 0 fully saturated rings. The lowest BCUT2D eigenvalue weighted by atomic mass is 10.1. The van der Waals surface area contributed by atoms with Crippen molar-refractivity contribution in [2.75, 3.05) is 34.4 Å². The molecule has 0 heterocycles. The maximum Gasteiger partial charge on any atom is 0.303 e. The van der Waals surface area contributed by atoms with Crippen LogP contribution >= 0.6 is 0 Å². The van der Waals surface area contributed by atoms with Crippen LogP contribution in [0.1, 0.15) is 62.5 Å². The van der Waals surface area contributed by atoms with Crippen molar-refractivity contribution in [1.82, 2.24) is 4.90 Å². The maximum absolute atomic E-state index is 11.7. The fourth-order valence-corrected chi connectivity index (χ4v) is 3.84. The molecule has 2 aromatic carbocycles. The molecular weight excluding hydrogens is 458 g/mol. The topological polar surface area (TPSA) is 85.3 Å². The first kappa shape index (κ1) is 29.0. The fraction of sp³-hybridized carbons (Fsp3) is 0.517. The van der Waals surface area contributed by atoms with Crippen molar-refractivity contribution >= 4 is 11.9 Å². The average molecular weight is 500 g/mol. The van der Waals surface area contributed by atoms with Crippen LogP contribution in [0.15, 0.2) is 42.5 Å². The molecule has 2 rings (SSSR count). The second-order valence-electron chi connectivity index (χ2n) is 9.08. The predicted molar refractivity (Wildman–Crippen MR) is 141 cm³/mol. The Morgan fingerprint density at radius 2 is 1.39 bits per heavy atom. The number of carboxylic acids is 1. The number of carboxylic acid groups (broad SMARTS) is 1. The molecule has 7 heteroatoms. The van der Waals surface area contributed by atoms with E-state index in [4.69, 9.17) is 14.2 Å². The fourth-order valence-electron chi connectivity index (χ4n) is 3.84. The van der Waals surface area contributed by atoms with Gasteiger partial charge in [0.1, 0.15) is 17.2 Å². The second-order valence-corrected chi connectivity index (χ2v) is 9.08. The first-order valence-electron chi connectivity index (χ1n) is 12.8. The van der Waals surface area contributed by atoms with Crippen molar-refractivity contribution in [2.24, 2.45) is 0 Å². The smallest absolute Gasteiger partial charge is 0.303 e. The number of unbranched alkanes of at least 4 members (excludes halogenated alkanes) is 4. The molecule has 0 radical (unpaired) electrons. The number of methoxy groups -OCH3 is 1. The van der Waals surface area contributed by atoms with Gasteiger partial charge in [0.05, 0.1) is 20.3 Å². The lowest BCUT2D eigenvalue weighted by Gasteiger charge is -2.16. The van der Waals surface area contributed by atoms with Gasteiger partial charge in [0.2, 0.25) is 5.91 Å². The van der Waals surface area contributed by atoms with Gasteiger partial charge in [-0.1, -0.05) is 31.0 Å². The van der Waals surface area contributed by atoms with Gasteiger partial charge in [-0.05, 0) is 68.4 Å². The molecule has 0 spiro atoms. The first-order chi connectivity index (χ1) is 17.4. The summed E-state index contributed by atoms with van der Waals surface area (Å²) in [5, 5.41) is 9.18. The van der Waals surface area contributed by atoms with E-state index >= 15 is 0 Å². The lowest BCUT2D eigenvalue weighted by molar-refractivity contribution is -0.137. The molecule has 0 saturated heterocycles. The summed E-state index contributed by atoms with van der Waals surface area (Å²) in [5.41, 5.74) is 2.11. The highest BCUT2D eigenvalue weighted by Gasteiger charge is 2.13. The van der Waals surface area contributed by atoms with Crippen molar-refractivity contribution in [3.8, 4) is 17.2 Å². The van der Waals surface area contributed by atoms with Gasteiger partial charge in [-0.3, -0.25) is 9.59 Å². The number of aryl methyl sites for hydroxylation is 1. The normalized spacial score (nSPS) is 10.6. The molecule has 0 aliphatic heterocycles. The number of carbonyl (C=O) groups excluding carboxylic acids is 1. The molecule has 0 saturated carbocycles. The van der Waals surface area contributed by atoms with E-state index in [0.29, 0.717) is 37.6 Å². The van der Waals surface area contributed by atoms with E-state index in [1.54, 1.807) is 26.1 Å². The Morgan fingerprint density at radius 1 is 0.778 bits per heavy atom. The lowest BCUT2D eigenvalue weighted by Crippen LogP contribution is -2.21. The summed E-state index contributed by atoms with van der Waals surface area (Å²) < 4.78 is 17.2. The largest absolute Gasteiger partial charge is 0.497 e. The third kappa shape index (κ3) is 11.0. The number of carbonyl (C=O) groups is 2. The van der Waals surface area contributed by atoms with Crippen LogP contribution in [0.2, 0.25) is 0 Å². The Balaban J connectivity index is 1.77. The van der Waals surface area contributed by atoms with Gasteiger partial charge in [-0.2, -0.15) is 0 Å². The zero-order valence-corrected chi connectivity index (χ0v) is 22.0. The minimum atomic E-state index is -0.852. The highest BCUT2D eigenvalue weighted by molar-refractivity contribution is 5.75. The van der Waals surface area contributed by atoms with E-state index in [1.807, 2.05) is 30.3 Å². The van der Waals surface area contributed by atoms with Crippen LogP contribution in [0.25, 0.3) is 0 Å². The standard InChI is InChI=1S/C29H41NO6/c1-30(2)28(31)14-7-9-22-36-27-13-10-12-26(25(27)19-20-29(32)33)35-21-8-5-4-6-11-23-15-17-24(34-3)18-16-23/h10,12-13,15-18H,4-9,11,14,19-22H2,1-3H3,(H,32,33). The summed E-state index contributed by atoms with van der Waals surface area (Å²) in [6, 6.07) is 13.8. The van der Waals surface area contributed by atoms with E-state index in [0.717, 1.165) is 56.3 Å². The van der Waals surface area contributed by atoms with Crippen molar-refractivity contribution in [2.45, 2.75) is 64.2 Å². The van der Waals surface area contributed by atoms with Gasteiger partial charge in [0, 0.05) is 32.5 Å². The Labute approximate surface area is 215 Å². The average Bonchev–Trinajstić information content (AvgIpc) is 2.87. The molecule has 1 amide bonds. The Bertz CT molecular complexity index is 926. The minimum absolute atomic E-state index is 0.0133. The summed E-state index contributed by atoms with van der Waals surface area (Å²) in [4.78, 5) is 24.5. The molecule has 0 aliphatic rings. The third-order valence-corrected chi connectivity index (χ3v) is 6.00. The quantitative estimate of drug-likeness (QED) is 0.271. The number of rotatable bonds is 18. The first-order valence-corrected chi connectivity index (χ1v) is 12.8. The molecule has 0 atom stereocenters. The summed E-state index contributed by atoms with van der Waals surface area (Å²) in [7, 11) is 5.18. The molecule has 0 bridgehead atoms. The highest BCUT2D eigenvalue weighted by atomic mass is 16.5. The van der Waals surface area contributed by atoms with Gasteiger partial charge in [-0.25, -0.2) is 0 Å². The Kier molecular flexibility index (Phi) is 13.3. The molecule has 0 unspecified atom stereocenters. The van der Waals surface area contributed by atoms with Gasteiger partial charge < -0.3 is 24.2 Å². The molecule has 0 aromatic heterocycles. The predicted octanol–water partition coefficient (Wildman–Crippen LogP) is 5.53. The monoisotopic (exact) mass is 499 g/mol. The Hall–Kier alpha value is -3.22. The van der Waals surface area contributed by atoms with Gasteiger partial charge in [-0.15, -0.1) is 0 Å². The molecule has 198 valence electrons. The summed E-state index contributed by atoms with van der Waals surface area (Å²) in [6.45, 7) is 1.05.